The molecular weight excluding hydrogens is 936 g/mol. The van der Waals surface area contributed by atoms with Crippen molar-refractivity contribution in [1.29, 1.82) is 0 Å². The highest BCUT2D eigenvalue weighted by molar-refractivity contribution is 7.47. The number of nitrogens with zero attached hydrogens (tertiary/aromatic N) is 1. The zero-order chi connectivity index (χ0) is 54.2. The van der Waals surface area contributed by atoms with Crippen molar-refractivity contribution in [3.05, 3.63) is 48.6 Å². The van der Waals surface area contributed by atoms with Gasteiger partial charge >= 0.3 is 7.82 Å². The summed E-state index contributed by atoms with van der Waals surface area (Å²) in [7, 11) is 1.55. The number of likely N-dealkylation sites (N-methyl/N-ethyl adjacent to an activating group) is 1. The van der Waals surface area contributed by atoms with Crippen LogP contribution >= 0.6 is 7.82 Å². The summed E-state index contributed by atoms with van der Waals surface area (Å²) < 4.78 is 23.7. The second-order valence-electron chi connectivity index (χ2n) is 23.1. The first-order valence-corrected chi connectivity index (χ1v) is 33.5. The molecule has 0 aromatic heterocycles. The molecule has 0 aliphatic rings. The number of carbonyl (C=O) groups is 1. The van der Waals surface area contributed by atoms with Gasteiger partial charge in [0.25, 0.3) is 0 Å². The number of rotatable bonds is 59. The fourth-order valence-corrected chi connectivity index (χ4v) is 10.2. The SMILES string of the molecule is CCCCCCCCCC/C=C\CCCCCCCCCCCC(=O)NC(COP(=O)(O)OCC[N+](C)(C)C)C(O)/C=C/CC/C=C/CC/C=C/CCCCCCCCCCCCCCCCCCCCCCC. The van der Waals surface area contributed by atoms with Crippen LogP contribution in [0.4, 0.5) is 0 Å². The highest BCUT2D eigenvalue weighted by Crippen LogP contribution is 2.43. The lowest BCUT2D eigenvalue weighted by Gasteiger charge is -2.25. The van der Waals surface area contributed by atoms with Gasteiger partial charge in [-0.2, -0.15) is 0 Å². The molecule has 436 valence electrons. The zero-order valence-electron chi connectivity index (χ0n) is 49.8. The third-order valence-corrected chi connectivity index (χ3v) is 15.5. The van der Waals surface area contributed by atoms with Crippen molar-refractivity contribution in [2.75, 3.05) is 40.9 Å². The summed E-state index contributed by atoms with van der Waals surface area (Å²) in [4.78, 5) is 23.3. The van der Waals surface area contributed by atoms with E-state index in [-0.39, 0.29) is 19.1 Å². The van der Waals surface area contributed by atoms with Crippen molar-refractivity contribution in [2.45, 2.75) is 321 Å². The number of quaternary nitrogens is 1. The molecular formula is C65H126N2O6P+. The van der Waals surface area contributed by atoms with Gasteiger partial charge in [-0.3, -0.25) is 13.8 Å². The number of nitrogens with one attached hydrogen (secondary N) is 1. The summed E-state index contributed by atoms with van der Waals surface area (Å²) in [5.74, 6) is -0.190. The van der Waals surface area contributed by atoms with Crippen LogP contribution < -0.4 is 5.32 Å². The second kappa shape index (κ2) is 56.2. The molecule has 0 radical (unpaired) electrons. The monoisotopic (exact) mass is 1060 g/mol. The number of aliphatic hydroxyl groups is 1. The van der Waals surface area contributed by atoms with E-state index in [2.05, 4.69) is 55.6 Å². The van der Waals surface area contributed by atoms with Gasteiger partial charge in [0.1, 0.15) is 13.2 Å². The lowest BCUT2D eigenvalue weighted by Crippen LogP contribution is -2.45. The predicted molar refractivity (Wildman–Crippen MR) is 323 cm³/mol. The second-order valence-corrected chi connectivity index (χ2v) is 24.6. The Hall–Kier alpha value is -1.54. The molecule has 0 spiro atoms. The summed E-state index contributed by atoms with van der Waals surface area (Å²) in [6.07, 6.45) is 75.3. The van der Waals surface area contributed by atoms with Crippen LogP contribution in [0.15, 0.2) is 48.6 Å². The van der Waals surface area contributed by atoms with Crippen LogP contribution in [0.25, 0.3) is 0 Å². The largest absolute Gasteiger partial charge is 0.472 e. The molecule has 1 amide bonds. The van der Waals surface area contributed by atoms with Gasteiger partial charge in [0.2, 0.25) is 5.91 Å². The van der Waals surface area contributed by atoms with Gasteiger partial charge in [0, 0.05) is 6.42 Å². The lowest BCUT2D eigenvalue weighted by molar-refractivity contribution is -0.870. The van der Waals surface area contributed by atoms with Crippen LogP contribution in [-0.4, -0.2) is 73.4 Å². The normalized spacial score (nSPS) is 14.1. The Morgan fingerprint density at radius 1 is 0.446 bits per heavy atom. The average molecular weight is 1060 g/mol. The highest BCUT2D eigenvalue weighted by Gasteiger charge is 2.27. The average Bonchev–Trinajstić information content (AvgIpc) is 3.36. The summed E-state index contributed by atoms with van der Waals surface area (Å²) >= 11 is 0. The highest BCUT2D eigenvalue weighted by atomic mass is 31.2. The maximum atomic E-state index is 13.0. The first kappa shape index (κ1) is 72.5. The molecule has 3 N–H and O–H groups in total. The van der Waals surface area contributed by atoms with Crippen LogP contribution in [0, 0.1) is 0 Å². The molecule has 0 bridgehead atoms. The number of unbranched alkanes of at least 4 members (excludes halogenated alkanes) is 40. The number of amides is 1. The third-order valence-electron chi connectivity index (χ3n) is 14.5. The minimum Gasteiger partial charge on any atom is -0.387 e. The van der Waals surface area contributed by atoms with Gasteiger partial charge in [-0.15, -0.1) is 0 Å². The van der Waals surface area contributed by atoms with E-state index < -0.39 is 20.0 Å². The van der Waals surface area contributed by atoms with E-state index in [4.69, 9.17) is 9.05 Å². The fraction of sp³-hybridized carbons (Fsp3) is 0.862. The summed E-state index contributed by atoms with van der Waals surface area (Å²) in [6.45, 7) is 4.82. The Kier molecular flexibility index (Phi) is 55.0. The Bertz CT molecular complexity index is 1340. The van der Waals surface area contributed by atoms with Crippen molar-refractivity contribution in [1.82, 2.24) is 5.32 Å². The van der Waals surface area contributed by atoms with Crippen LogP contribution in [0.5, 0.6) is 0 Å². The topological polar surface area (TPSA) is 105 Å². The molecule has 74 heavy (non-hydrogen) atoms. The molecule has 3 atom stereocenters. The molecule has 0 saturated heterocycles. The molecule has 0 aliphatic heterocycles. The quantitative estimate of drug-likeness (QED) is 0.0243. The number of hydrogen-bond acceptors (Lipinski definition) is 5. The molecule has 9 heteroatoms. The molecule has 0 fully saturated rings. The van der Waals surface area contributed by atoms with Gasteiger partial charge in [0.15, 0.2) is 0 Å². The van der Waals surface area contributed by atoms with Gasteiger partial charge in [0.05, 0.1) is 39.9 Å². The van der Waals surface area contributed by atoms with Crippen molar-refractivity contribution in [3.8, 4) is 0 Å². The number of hydrogen-bond donors (Lipinski definition) is 3. The summed E-state index contributed by atoms with van der Waals surface area (Å²) in [5, 5.41) is 13.9. The molecule has 0 aromatic rings. The summed E-state index contributed by atoms with van der Waals surface area (Å²) in [5.41, 5.74) is 0. The predicted octanol–water partition coefficient (Wildman–Crippen LogP) is 19.9. The Labute approximate surface area is 460 Å². The fourth-order valence-electron chi connectivity index (χ4n) is 9.48. The molecule has 8 nitrogen and oxygen atoms in total. The smallest absolute Gasteiger partial charge is 0.387 e. The number of phosphoric acid groups is 1. The minimum atomic E-state index is -4.36. The van der Waals surface area contributed by atoms with E-state index in [1.54, 1.807) is 6.08 Å². The molecule has 3 unspecified atom stereocenters. The standard InChI is InChI=1S/C65H125N2O6P/c1-6-8-10-12-14-16-18-20-22-24-26-28-29-30-31-32-33-34-35-36-37-39-40-42-44-46-48-50-52-54-56-58-64(68)63(62-73-74(70,71)72-61-60-67(3,4)5)66-65(69)59-57-55-53-51-49-47-45-43-41-38-27-25-23-21-19-17-15-13-11-9-7-2/h25,27,40,42,48,50,56,58,63-64,68H,6-24,26,28-39,41,43-47,49,51-55,57,59-62H2,1-5H3,(H-,66,69,70,71)/p+1/b27-25-,42-40+,50-48+,58-56+. The summed E-state index contributed by atoms with van der Waals surface area (Å²) in [6, 6.07) is -0.873. The Balaban J connectivity index is 4.18. The van der Waals surface area contributed by atoms with Crippen molar-refractivity contribution < 1.29 is 32.9 Å². The van der Waals surface area contributed by atoms with Crippen molar-refractivity contribution >= 4 is 13.7 Å². The number of allylic oxidation sites excluding steroid dienone is 7. The third kappa shape index (κ3) is 58.1. The maximum absolute atomic E-state index is 13.0. The molecule has 0 aromatic carbocycles. The maximum Gasteiger partial charge on any atom is 0.472 e. The van der Waals surface area contributed by atoms with Gasteiger partial charge < -0.3 is 19.8 Å². The van der Waals surface area contributed by atoms with E-state index in [1.807, 2.05) is 27.2 Å². The Morgan fingerprint density at radius 3 is 1.08 bits per heavy atom. The van der Waals surface area contributed by atoms with E-state index >= 15 is 0 Å². The van der Waals surface area contributed by atoms with Gasteiger partial charge in [-0.25, -0.2) is 4.57 Å². The zero-order valence-corrected chi connectivity index (χ0v) is 50.7. The number of carbonyl (C=O) groups excluding carboxylic acids is 1. The molecule has 0 aliphatic carbocycles. The van der Waals surface area contributed by atoms with Crippen LogP contribution in [0.1, 0.15) is 309 Å². The number of phosphoric ester groups is 1. The minimum absolute atomic E-state index is 0.0529. The van der Waals surface area contributed by atoms with Gasteiger partial charge in [-0.05, 0) is 70.6 Å². The van der Waals surface area contributed by atoms with E-state index in [0.717, 1.165) is 44.9 Å². The molecule has 0 rings (SSSR count). The lowest BCUT2D eigenvalue weighted by atomic mass is 10.0. The van der Waals surface area contributed by atoms with E-state index in [0.29, 0.717) is 17.4 Å². The van der Waals surface area contributed by atoms with Crippen LogP contribution in [0.2, 0.25) is 0 Å². The first-order valence-electron chi connectivity index (χ1n) is 32.0. The molecule has 0 heterocycles. The van der Waals surface area contributed by atoms with Crippen molar-refractivity contribution in [2.24, 2.45) is 0 Å². The Morgan fingerprint density at radius 2 is 0.743 bits per heavy atom. The van der Waals surface area contributed by atoms with E-state index in [9.17, 15) is 19.4 Å². The van der Waals surface area contributed by atoms with Crippen LogP contribution in [0.3, 0.4) is 0 Å². The van der Waals surface area contributed by atoms with Gasteiger partial charge in [-0.1, -0.05) is 281 Å². The first-order chi connectivity index (χ1) is 36.0. The van der Waals surface area contributed by atoms with Crippen LogP contribution in [-0.2, 0) is 18.4 Å². The number of aliphatic hydroxyl groups excluding tert-OH is 1. The van der Waals surface area contributed by atoms with Crippen molar-refractivity contribution in [3.63, 3.8) is 0 Å². The van der Waals surface area contributed by atoms with E-state index in [1.165, 1.54) is 244 Å². The molecule has 0 saturated carbocycles.